The van der Waals surface area contributed by atoms with E-state index in [0.29, 0.717) is 41.5 Å². The third kappa shape index (κ3) is 5.43. The first kappa shape index (κ1) is 20.0. The Morgan fingerprint density at radius 2 is 2.10 bits per heavy atom. The van der Waals surface area contributed by atoms with Crippen LogP contribution < -0.4 is 10.0 Å². The summed E-state index contributed by atoms with van der Waals surface area (Å²) in [6.45, 7) is 0.624. The van der Waals surface area contributed by atoms with Crippen LogP contribution in [0, 0.1) is 0 Å². The maximum Gasteiger partial charge on any atom is 0.247 e. The van der Waals surface area contributed by atoms with Crippen molar-refractivity contribution < 1.29 is 9.22 Å². The van der Waals surface area contributed by atoms with Crippen LogP contribution in [-0.4, -0.2) is 38.8 Å². The smallest absolute Gasteiger partial charge is 0.247 e. The van der Waals surface area contributed by atoms with Crippen LogP contribution >= 0.6 is 23.8 Å². The molecule has 0 aliphatic heterocycles. The molecule has 3 N–H and O–H groups in total. The standard InChI is InChI=1S/C18H20ClN7O2S/c1-27-28-29-20-9-8-12-10-15(23-18-24-16(25-26-18)11-6-7-11)22-17(21-12)13-4-2-3-5-14(13)19/h2-5,10-11,20H,6-9H2,1H3,(H2,21,22,23,24,25,26). The van der Waals surface area contributed by atoms with E-state index >= 15 is 0 Å². The Balaban J connectivity index is 1.55. The fraction of sp³-hybridized carbons (Fsp3) is 0.333. The lowest BCUT2D eigenvalue weighted by Crippen LogP contribution is -2.11. The Hall–Kier alpha value is -2.24. The number of nitrogens with one attached hydrogen (secondary N) is 3. The number of aromatic amines is 1. The maximum atomic E-state index is 6.35. The topological polar surface area (TPSA) is 110 Å². The third-order valence-corrected chi connectivity index (χ3v) is 5.10. The Morgan fingerprint density at radius 1 is 1.24 bits per heavy atom. The van der Waals surface area contributed by atoms with Crippen molar-refractivity contribution in [3.05, 3.63) is 46.9 Å². The molecule has 4 rings (SSSR count). The Kier molecular flexibility index (Phi) is 6.57. The van der Waals surface area contributed by atoms with E-state index in [0.717, 1.165) is 42.2 Å². The molecule has 0 radical (unpaired) electrons. The number of H-pyrrole nitrogens is 1. The highest BCUT2D eigenvalue weighted by atomic mass is 35.5. The lowest BCUT2D eigenvalue weighted by atomic mass is 10.2. The molecule has 0 saturated heterocycles. The number of anilines is 2. The molecule has 0 spiro atoms. The molecular weight excluding hydrogens is 414 g/mol. The monoisotopic (exact) mass is 433 g/mol. The molecule has 2 aromatic heterocycles. The molecule has 1 aromatic carbocycles. The van der Waals surface area contributed by atoms with E-state index < -0.39 is 0 Å². The molecule has 3 aromatic rings. The first-order chi connectivity index (χ1) is 14.2. The number of benzene rings is 1. The Labute approximate surface area is 177 Å². The van der Waals surface area contributed by atoms with Crippen LogP contribution in [0.3, 0.4) is 0 Å². The first-order valence-electron chi connectivity index (χ1n) is 9.14. The van der Waals surface area contributed by atoms with Gasteiger partial charge in [0.05, 0.1) is 12.1 Å². The fourth-order valence-electron chi connectivity index (χ4n) is 2.72. The van der Waals surface area contributed by atoms with Gasteiger partial charge in [-0.25, -0.2) is 19.6 Å². The van der Waals surface area contributed by atoms with Crippen LogP contribution in [-0.2, 0) is 15.6 Å². The van der Waals surface area contributed by atoms with E-state index in [4.69, 9.17) is 15.9 Å². The maximum absolute atomic E-state index is 6.35. The zero-order valence-electron chi connectivity index (χ0n) is 15.7. The highest BCUT2D eigenvalue weighted by Crippen LogP contribution is 2.38. The minimum absolute atomic E-state index is 0.490. The summed E-state index contributed by atoms with van der Waals surface area (Å²) in [5, 5.41) is 11.0. The summed E-state index contributed by atoms with van der Waals surface area (Å²) in [4.78, 5) is 18.3. The van der Waals surface area contributed by atoms with Crippen molar-refractivity contribution in [1.29, 1.82) is 0 Å². The van der Waals surface area contributed by atoms with Crippen molar-refractivity contribution in [2.24, 2.45) is 0 Å². The molecule has 11 heteroatoms. The largest absolute Gasteiger partial charge is 0.307 e. The Bertz CT molecular complexity index is 967. The average Bonchev–Trinajstić information content (AvgIpc) is 3.47. The SMILES string of the molecule is COOSNCCc1cc(Nc2n[nH]c(C3CC3)n2)nc(-c2ccccc2Cl)n1. The van der Waals surface area contributed by atoms with Gasteiger partial charge in [-0.15, -0.1) is 9.43 Å². The Morgan fingerprint density at radius 3 is 2.90 bits per heavy atom. The second-order valence-corrected chi connectivity index (χ2v) is 7.45. The van der Waals surface area contributed by atoms with Gasteiger partial charge in [0.25, 0.3) is 0 Å². The average molecular weight is 434 g/mol. The van der Waals surface area contributed by atoms with Gasteiger partial charge in [0.15, 0.2) is 5.82 Å². The second kappa shape index (κ2) is 9.51. The van der Waals surface area contributed by atoms with Gasteiger partial charge < -0.3 is 5.32 Å². The van der Waals surface area contributed by atoms with E-state index in [1.54, 1.807) is 0 Å². The van der Waals surface area contributed by atoms with Crippen molar-refractivity contribution in [3.63, 3.8) is 0 Å². The summed E-state index contributed by atoms with van der Waals surface area (Å²) >= 11 is 7.37. The van der Waals surface area contributed by atoms with Crippen LogP contribution in [0.4, 0.5) is 11.8 Å². The zero-order valence-corrected chi connectivity index (χ0v) is 17.3. The van der Waals surface area contributed by atoms with E-state index in [-0.39, 0.29) is 0 Å². The van der Waals surface area contributed by atoms with Crippen molar-refractivity contribution in [3.8, 4) is 11.4 Å². The third-order valence-electron chi connectivity index (χ3n) is 4.24. The molecule has 0 atom stereocenters. The van der Waals surface area contributed by atoms with Crippen LogP contribution in [0.15, 0.2) is 30.3 Å². The number of halogens is 1. The van der Waals surface area contributed by atoms with Gasteiger partial charge in [-0.2, -0.15) is 4.98 Å². The molecule has 1 saturated carbocycles. The van der Waals surface area contributed by atoms with E-state index in [1.807, 2.05) is 30.3 Å². The van der Waals surface area contributed by atoms with Gasteiger partial charge in [0.1, 0.15) is 23.9 Å². The van der Waals surface area contributed by atoms with E-state index in [2.05, 4.69) is 40.1 Å². The van der Waals surface area contributed by atoms with Crippen molar-refractivity contribution >= 4 is 35.6 Å². The zero-order chi connectivity index (χ0) is 20.1. The predicted octanol–water partition coefficient (Wildman–Crippen LogP) is 3.81. The van der Waals surface area contributed by atoms with Crippen molar-refractivity contribution in [1.82, 2.24) is 29.9 Å². The minimum atomic E-state index is 0.490. The summed E-state index contributed by atoms with van der Waals surface area (Å²) in [6, 6.07) is 9.36. The van der Waals surface area contributed by atoms with Crippen molar-refractivity contribution in [2.75, 3.05) is 19.0 Å². The van der Waals surface area contributed by atoms with Gasteiger partial charge in [-0.3, -0.25) is 5.10 Å². The van der Waals surface area contributed by atoms with Gasteiger partial charge in [0, 0.05) is 36.2 Å². The van der Waals surface area contributed by atoms with E-state index in [9.17, 15) is 0 Å². The molecule has 1 fully saturated rings. The predicted molar refractivity (Wildman–Crippen MR) is 112 cm³/mol. The summed E-state index contributed by atoms with van der Waals surface area (Å²) in [7, 11) is 1.45. The molecule has 1 aliphatic carbocycles. The second-order valence-electron chi connectivity index (χ2n) is 6.45. The summed E-state index contributed by atoms with van der Waals surface area (Å²) < 4.78 is 7.76. The molecule has 152 valence electrons. The lowest BCUT2D eigenvalue weighted by molar-refractivity contribution is -0.161. The van der Waals surface area contributed by atoms with Gasteiger partial charge in [-0.1, -0.05) is 23.7 Å². The van der Waals surface area contributed by atoms with Crippen LogP contribution in [0.2, 0.25) is 5.02 Å². The van der Waals surface area contributed by atoms with E-state index in [1.165, 1.54) is 7.11 Å². The summed E-state index contributed by atoms with van der Waals surface area (Å²) in [6.07, 6.45) is 2.96. The van der Waals surface area contributed by atoms with Crippen molar-refractivity contribution in [2.45, 2.75) is 25.2 Å². The summed E-state index contributed by atoms with van der Waals surface area (Å²) in [5.41, 5.74) is 1.60. The van der Waals surface area contributed by atoms with Gasteiger partial charge in [-0.05, 0) is 25.0 Å². The number of hydrogen-bond donors (Lipinski definition) is 3. The molecule has 9 nitrogen and oxygen atoms in total. The fourth-order valence-corrected chi connectivity index (χ4v) is 3.24. The minimum Gasteiger partial charge on any atom is -0.307 e. The molecule has 29 heavy (non-hydrogen) atoms. The number of rotatable bonds is 10. The number of hydrogen-bond acceptors (Lipinski definition) is 9. The molecule has 0 unspecified atom stereocenters. The van der Waals surface area contributed by atoms with Crippen LogP contribution in [0.25, 0.3) is 11.4 Å². The quantitative estimate of drug-likeness (QED) is 0.144. The lowest BCUT2D eigenvalue weighted by Gasteiger charge is -2.10. The van der Waals surface area contributed by atoms with Gasteiger partial charge in [0.2, 0.25) is 5.95 Å². The molecule has 0 amide bonds. The summed E-state index contributed by atoms with van der Waals surface area (Å²) in [5.74, 6) is 3.04. The first-order valence-corrected chi connectivity index (χ1v) is 10.3. The highest BCUT2D eigenvalue weighted by molar-refractivity contribution is 7.92. The molecule has 2 heterocycles. The molecule has 1 aliphatic rings. The molecular formula is C18H20ClN7O2S. The number of aromatic nitrogens is 5. The highest BCUT2D eigenvalue weighted by Gasteiger charge is 2.27. The number of nitrogens with zero attached hydrogens (tertiary/aromatic N) is 4. The van der Waals surface area contributed by atoms with Gasteiger partial charge >= 0.3 is 0 Å². The van der Waals surface area contributed by atoms with Crippen LogP contribution in [0.5, 0.6) is 0 Å². The molecule has 0 bridgehead atoms. The van der Waals surface area contributed by atoms with Crippen LogP contribution in [0.1, 0.15) is 30.3 Å². The normalized spacial score (nSPS) is 13.6.